The summed E-state index contributed by atoms with van der Waals surface area (Å²) < 4.78 is 28.7. The molecule has 5 nitrogen and oxygen atoms in total. The van der Waals surface area contributed by atoms with Crippen LogP contribution in [-0.2, 0) is 0 Å². The molecule has 0 amide bonds. The van der Waals surface area contributed by atoms with Crippen LogP contribution in [0.5, 0.6) is 5.75 Å². The van der Waals surface area contributed by atoms with Gasteiger partial charge in [0, 0.05) is 0 Å². The maximum absolute atomic E-state index is 12.0. The number of anilines is 1. The fourth-order valence-electron chi connectivity index (χ4n) is 1.21. The van der Waals surface area contributed by atoms with Crippen molar-refractivity contribution < 1.29 is 18.4 Å². The third-order valence-electron chi connectivity index (χ3n) is 1.85. The van der Waals surface area contributed by atoms with Gasteiger partial charge >= 0.3 is 5.69 Å². The molecule has 1 aromatic carbocycles. The van der Waals surface area contributed by atoms with Crippen LogP contribution in [0.1, 0.15) is 0 Å². The molecule has 1 rings (SSSR count). The first kappa shape index (κ1) is 12.2. The summed E-state index contributed by atoms with van der Waals surface area (Å²) >= 11 is 0. The highest BCUT2D eigenvalue weighted by molar-refractivity contribution is 5.68. The van der Waals surface area contributed by atoms with E-state index in [1.807, 2.05) is 0 Å². The summed E-state index contributed by atoms with van der Waals surface area (Å²) in [5.74, 6) is 0.0317. The van der Waals surface area contributed by atoms with Crippen molar-refractivity contribution in [1.82, 2.24) is 0 Å². The molecule has 0 aliphatic heterocycles. The molecule has 16 heavy (non-hydrogen) atoms. The summed E-state index contributed by atoms with van der Waals surface area (Å²) in [6.45, 7) is -0.645. The van der Waals surface area contributed by atoms with Crippen molar-refractivity contribution in [1.29, 1.82) is 0 Å². The maximum Gasteiger partial charge on any atom is 0.333 e. The summed E-state index contributed by atoms with van der Waals surface area (Å²) in [6.07, 6.45) is -2.58. The van der Waals surface area contributed by atoms with Crippen LogP contribution in [0.4, 0.5) is 20.2 Å². The molecule has 0 aliphatic rings. The molecule has 0 heterocycles. The minimum atomic E-state index is -2.58. The lowest BCUT2D eigenvalue weighted by Crippen LogP contribution is -2.11. The van der Waals surface area contributed by atoms with Crippen LogP contribution in [0.25, 0.3) is 0 Å². The monoisotopic (exact) mass is 232 g/mol. The second-order valence-corrected chi connectivity index (χ2v) is 2.89. The maximum atomic E-state index is 12.0. The van der Waals surface area contributed by atoms with Gasteiger partial charge in [-0.15, -0.1) is 0 Å². The lowest BCUT2D eigenvalue weighted by molar-refractivity contribution is -0.384. The Hall–Kier alpha value is -1.92. The van der Waals surface area contributed by atoms with E-state index in [0.717, 1.165) is 0 Å². The van der Waals surface area contributed by atoms with Gasteiger partial charge in [-0.2, -0.15) is 0 Å². The Balaban J connectivity index is 3.02. The number of benzene rings is 1. The summed E-state index contributed by atoms with van der Waals surface area (Å²) in [5, 5.41) is 13.0. The minimum absolute atomic E-state index is 0.0182. The highest BCUT2D eigenvalue weighted by Crippen LogP contribution is 2.34. The van der Waals surface area contributed by atoms with Crippen molar-refractivity contribution in [2.45, 2.75) is 6.43 Å². The number of nitro groups is 1. The van der Waals surface area contributed by atoms with Crippen molar-refractivity contribution >= 4 is 11.4 Å². The predicted octanol–water partition coefficient (Wildman–Crippen LogP) is 2.28. The Kier molecular flexibility index (Phi) is 3.98. The van der Waals surface area contributed by atoms with Gasteiger partial charge in [-0.1, -0.05) is 6.07 Å². The molecule has 0 spiro atoms. The number of ether oxygens (including phenoxy) is 1. The Labute approximate surface area is 90.2 Å². The normalized spacial score (nSPS) is 10.2. The topological polar surface area (TPSA) is 64.4 Å². The van der Waals surface area contributed by atoms with Crippen LogP contribution in [0.2, 0.25) is 0 Å². The minimum Gasteiger partial charge on any atom is -0.490 e. The first-order valence-electron chi connectivity index (χ1n) is 4.39. The van der Waals surface area contributed by atoms with E-state index in [1.54, 1.807) is 0 Å². The number of rotatable bonds is 5. The third kappa shape index (κ3) is 2.78. The van der Waals surface area contributed by atoms with Crippen LogP contribution < -0.4 is 10.1 Å². The molecule has 88 valence electrons. The molecule has 0 fully saturated rings. The number of hydrogen-bond acceptors (Lipinski definition) is 4. The molecule has 0 radical (unpaired) electrons. The van der Waals surface area contributed by atoms with E-state index in [-0.39, 0.29) is 17.1 Å². The Morgan fingerprint density at radius 1 is 1.56 bits per heavy atom. The van der Waals surface area contributed by atoms with E-state index in [1.165, 1.54) is 25.3 Å². The van der Waals surface area contributed by atoms with Gasteiger partial charge < -0.3 is 10.1 Å². The van der Waals surface area contributed by atoms with Crippen molar-refractivity contribution in [3.63, 3.8) is 0 Å². The molecule has 0 saturated heterocycles. The smallest absolute Gasteiger partial charge is 0.333 e. The van der Waals surface area contributed by atoms with E-state index in [2.05, 4.69) is 5.32 Å². The Bertz CT molecular complexity index is 385. The van der Waals surface area contributed by atoms with Gasteiger partial charge in [-0.25, -0.2) is 8.78 Å². The highest BCUT2D eigenvalue weighted by atomic mass is 19.3. The van der Waals surface area contributed by atoms with Crippen LogP contribution in [-0.4, -0.2) is 25.0 Å². The number of halogens is 2. The number of nitro benzene ring substituents is 1. The molecule has 0 bridgehead atoms. The number of nitrogens with zero attached hydrogens (tertiary/aromatic N) is 1. The van der Waals surface area contributed by atoms with Crippen molar-refractivity contribution in [3.05, 3.63) is 28.3 Å². The largest absolute Gasteiger partial charge is 0.490 e. The zero-order chi connectivity index (χ0) is 12.1. The molecule has 0 aliphatic carbocycles. The first-order chi connectivity index (χ1) is 7.56. The van der Waals surface area contributed by atoms with Crippen LogP contribution >= 0.6 is 0 Å². The average Bonchev–Trinajstić information content (AvgIpc) is 2.25. The molecule has 0 unspecified atom stereocenters. The number of methoxy groups -OCH3 is 1. The van der Waals surface area contributed by atoms with Gasteiger partial charge in [-0.05, 0) is 12.1 Å². The van der Waals surface area contributed by atoms with E-state index in [9.17, 15) is 18.9 Å². The second-order valence-electron chi connectivity index (χ2n) is 2.89. The number of nitrogens with one attached hydrogen (secondary N) is 1. The van der Waals surface area contributed by atoms with Gasteiger partial charge in [0.2, 0.25) is 0 Å². The third-order valence-corrected chi connectivity index (χ3v) is 1.85. The van der Waals surface area contributed by atoms with Crippen molar-refractivity contribution in [2.24, 2.45) is 0 Å². The second kappa shape index (κ2) is 5.24. The SMILES string of the molecule is COc1cccc(NCC(F)F)c1[N+](=O)[O-]. The average molecular weight is 232 g/mol. The molecule has 0 saturated carbocycles. The number of hydrogen-bond donors (Lipinski definition) is 1. The van der Waals surface area contributed by atoms with Crippen LogP contribution in [0.3, 0.4) is 0 Å². The quantitative estimate of drug-likeness (QED) is 0.624. The molecular formula is C9H10F2N2O3. The summed E-state index contributed by atoms with van der Waals surface area (Å²) in [6, 6.07) is 4.23. The fourth-order valence-corrected chi connectivity index (χ4v) is 1.21. The molecule has 1 N–H and O–H groups in total. The van der Waals surface area contributed by atoms with Gasteiger partial charge in [0.05, 0.1) is 18.6 Å². The summed E-state index contributed by atoms with van der Waals surface area (Å²) in [7, 11) is 1.28. The molecule has 7 heteroatoms. The van der Waals surface area contributed by atoms with Gasteiger partial charge in [0.25, 0.3) is 6.43 Å². The molecular weight excluding hydrogens is 222 g/mol. The van der Waals surface area contributed by atoms with Crippen molar-refractivity contribution in [2.75, 3.05) is 19.0 Å². The Morgan fingerprint density at radius 3 is 2.75 bits per heavy atom. The van der Waals surface area contributed by atoms with E-state index in [4.69, 9.17) is 4.74 Å². The number of alkyl halides is 2. The van der Waals surface area contributed by atoms with Crippen molar-refractivity contribution in [3.8, 4) is 5.75 Å². The first-order valence-corrected chi connectivity index (χ1v) is 4.39. The summed E-state index contributed by atoms with van der Waals surface area (Å²) in [4.78, 5) is 10.1. The summed E-state index contributed by atoms with van der Waals surface area (Å²) in [5.41, 5.74) is -0.324. The van der Waals surface area contributed by atoms with E-state index < -0.39 is 17.9 Å². The van der Waals surface area contributed by atoms with Gasteiger partial charge in [-0.3, -0.25) is 10.1 Å². The lowest BCUT2D eigenvalue weighted by atomic mass is 10.2. The Morgan fingerprint density at radius 2 is 2.25 bits per heavy atom. The van der Waals surface area contributed by atoms with E-state index >= 15 is 0 Å². The fraction of sp³-hybridized carbons (Fsp3) is 0.333. The van der Waals surface area contributed by atoms with Gasteiger partial charge in [0.15, 0.2) is 5.75 Å². The number of para-hydroxylation sites is 1. The zero-order valence-electron chi connectivity index (χ0n) is 8.44. The van der Waals surface area contributed by atoms with E-state index in [0.29, 0.717) is 0 Å². The predicted molar refractivity (Wildman–Crippen MR) is 54.1 cm³/mol. The molecule has 0 aromatic heterocycles. The lowest BCUT2D eigenvalue weighted by Gasteiger charge is -2.08. The molecule has 0 atom stereocenters. The molecule has 1 aromatic rings. The highest BCUT2D eigenvalue weighted by Gasteiger charge is 2.20. The standard InChI is InChI=1S/C9H10F2N2O3/c1-16-7-4-2-3-6(9(7)13(14)15)12-5-8(10)11/h2-4,8,12H,5H2,1H3. The van der Waals surface area contributed by atoms with Crippen LogP contribution in [0.15, 0.2) is 18.2 Å². The van der Waals surface area contributed by atoms with Crippen LogP contribution in [0, 0.1) is 10.1 Å². The van der Waals surface area contributed by atoms with Gasteiger partial charge in [0.1, 0.15) is 5.69 Å². The zero-order valence-corrected chi connectivity index (χ0v) is 8.44.